The van der Waals surface area contributed by atoms with E-state index in [1.54, 1.807) is 44.5 Å². The van der Waals surface area contributed by atoms with Crippen LogP contribution in [0, 0.1) is 25.1 Å². The van der Waals surface area contributed by atoms with Crippen molar-refractivity contribution in [1.82, 2.24) is 14.5 Å². The van der Waals surface area contributed by atoms with Gasteiger partial charge in [0.2, 0.25) is 0 Å². The number of pyridine rings is 3. The predicted octanol–water partition coefficient (Wildman–Crippen LogP) is 6.19. The third-order valence-electron chi connectivity index (χ3n) is 6.14. The van der Waals surface area contributed by atoms with E-state index in [4.69, 9.17) is 26.7 Å². The Balaban J connectivity index is 1.76. The van der Waals surface area contributed by atoms with Gasteiger partial charge in [-0.25, -0.2) is 9.37 Å². The lowest BCUT2D eigenvalue weighted by molar-refractivity contribution is 0.300. The molecule has 0 saturated carbocycles. The molecule has 1 N–H and O–H groups in total. The fourth-order valence-corrected chi connectivity index (χ4v) is 4.43. The van der Waals surface area contributed by atoms with Gasteiger partial charge in [-0.2, -0.15) is 0 Å². The first kappa shape index (κ1) is 26.9. The van der Waals surface area contributed by atoms with Crippen LogP contribution in [0.25, 0.3) is 16.6 Å². The van der Waals surface area contributed by atoms with E-state index in [0.29, 0.717) is 38.8 Å². The maximum absolute atomic E-state index is 15.1. The summed E-state index contributed by atoms with van der Waals surface area (Å²) in [4.78, 5) is 26.0. The lowest BCUT2D eigenvalue weighted by Gasteiger charge is -2.17. The second-order valence-corrected chi connectivity index (χ2v) is 9.28. The molecule has 0 unspecified atom stereocenters. The molecule has 4 aromatic rings. The van der Waals surface area contributed by atoms with E-state index in [9.17, 15) is 4.79 Å². The van der Waals surface area contributed by atoms with E-state index in [2.05, 4.69) is 9.98 Å². The second-order valence-electron chi connectivity index (χ2n) is 8.71. The average Bonchev–Trinajstić information content (AvgIpc) is 2.89. The third-order valence-corrected chi connectivity index (χ3v) is 6.32. The summed E-state index contributed by atoms with van der Waals surface area (Å²) in [6.45, 7) is 7.23. The number of aromatic nitrogens is 3. The van der Waals surface area contributed by atoms with Crippen LogP contribution >= 0.6 is 11.6 Å². The average molecular weight is 532 g/mol. The first-order valence-corrected chi connectivity index (χ1v) is 12.3. The number of para-hydroxylation sites is 1. The summed E-state index contributed by atoms with van der Waals surface area (Å²) in [7, 11) is 0. The molecule has 7 nitrogen and oxygen atoms in total. The van der Waals surface area contributed by atoms with Crippen molar-refractivity contribution in [2.45, 2.75) is 40.8 Å². The summed E-state index contributed by atoms with van der Waals surface area (Å²) in [5.41, 5.74) is 4.13. The maximum atomic E-state index is 15.1. The molecule has 0 atom stereocenters. The van der Waals surface area contributed by atoms with Crippen LogP contribution in [0.2, 0.25) is 0 Å². The molecule has 0 bridgehead atoms. The summed E-state index contributed by atoms with van der Waals surface area (Å²) >= 11 is 6.37. The number of nitrogens with one attached hydrogen (secondary N) is 1. The zero-order valence-electron chi connectivity index (χ0n) is 21.5. The van der Waals surface area contributed by atoms with E-state index in [-0.39, 0.29) is 24.3 Å². The molecule has 1 aromatic carbocycles. The molecule has 194 valence electrons. The van der Waals surface area contributed by atoms with Gasteiger partial charge < -0.3 is 14.7 Å². The molecular formula is C29H27ClFN5O2. The molecule has 0 aliphatic heterocycles. The van der Waals surface area contributed by atoms with Crippen molar-refractivity contribution in [2.75, 3.05) is 0 Å². The Bertz CT molecular complexity index is 1660. The predicted molar refractivity (Wildman–Crippen MR) is 150 cm³/mol. The monoisotopic (exact) mass is 531 g/mol. The lowest BCUT2D eigenvalue weighted by Crippen LogP contribution is -2.24. The van der Waals surface area contributed by atoms with Crippen molar-refractivity contribution in [3.63, 3.8) is 0 Å². The SMILES string of the molecule is CC=N/C(=C(\C)Cl)c1cc(C)nc2c(OCc3c(F)cnc(C)c3Cn3cccc(C=N)c3=O)cccc12. The summed E-state index contributed by atoms with van der Waals surface area (Å²) in [6, 6.07) is 10.7. The van der Waals surface area contributed by atoms with Gasteiger partial charge in [-0.05, 0) is 52.0 Å². The van der Waals surface area contributed by atoms with Gasteiger partial charge in [-0.1, -0.05) is 23.7 Å². The molecule has 3 heterocycles. The van der Waals surface area contributed by atoms with Crippen LogP contribution in [-0.4, -0.2) is 27.0 Å². The molecule has 0 radical (unpaired) electrons. The van der Waals surface area contributed by atoms with Crippen LogP contribution in [0.15, 0.2) is 63.6 Å². The number of nitrogens with zero attached hydrogens (tertiary/aromatic N) is 4. The summed E-state index contributed by atoms with van der Waals surface area (Å²) in [5, 5.41) is 8.80. The topological polar surface area (TPSA) is 93.2 Å². The number of allylic oxidation sites excluding steroid dienone is 1. The Morgan fingerprint density at radius 1 is 1.24 bits per heavy atom. The lowest BCUT2D eigenvalue weighted by atomic mass is 10.0. The number of halogens is 2. The highest BCUT2D eigenvalue weighted by Gasteiger charge is 2.18. The highest BCUT2D eigenvalue weighted by atomic mass is 35.5. The molecule has 0 aliphatic rings. The number of aliphatic imine (C=N–C) groups is 1. The minimum absolute atomic E-state index is 0.0883. The maximum Gasteiger partial charge on any atom is 0.259 e. The summed E-state index contributed by atoms with van der Waals surface area (Å²) < 4.78 is 22.7. The van der Waals surface area contributed by atoms with Crippen molar-refractivity contribution < 1.29 is 9.13 Å². The Morgan fingerprint density at radius 2 is 2.03 bits per heavy atom. The van der Waals surface area contributed by atoms with Gasteiger partial charge in [0.25, 0.3) is 5.56 Å². The van der Waals surface area contributed by atoms with E-state index in [0.717, 1.165) is 29.1 Å². The molecule has 0 aliphatic carbocycles. The van der Waals surface area contributed by atoms with Gasteiger partial charge in [-0.3, -0.25) is 14.8 Å². The smallest absolute Gasteiger partial charge is 0.259 e. The van der Waals surface area contributed by atoms with Gasteiger partial charge in [0, 0.05) is 57.1 Å². The Hall–Kier alpha value is -4.17. The zero-order valence-corrected chi connectivity index (χ0v) is 22.3. The molecule has 9 heteroatoms. The molecule has 0 amide bonds. The van der Waals surface area contributed by atoms with Crippen LogP contribution in [0.1, 0.15) is 47.5 Å². The summed E-state index contributed by atoms with van der Waals surface area (Å²) in [6.07, 6.45) is 5.44. The quantitative estimate of drug-likeness (QED) is 0.274. The van der Waals surface area contributed by atoms with Gasteiger partial charge in [0.15, 0.2) is 0 Å². The Kier molecular flexibility index (Phi) is 8.12. The van der Waals surface area contributed by atoms with E-state index >= 15 is 4.39 Å². The summed E-state index contributed by atoms with van der Waals surface area (Å²) in [5.74, 6) is -0.0607. The van der Waals surface area contributed by atoms with Crippen molar-refractivity contribution >= 4 is 40.6 Å². The van der Waals surface area contributed by atoms with Crippen LogP contribution in [0.4, 0.5) is 4.39 Å². The van der Waals surface area contributed by atoms with Gasteiger partial charge >= 0.3 is 0 Å². The first-order chi connectivity index (χ1) is 18.2. The second kappa shape index (κ2) is 11.5. The minimum Gasteiger partial charge on any atom is -0.486 e. The highest BCUT2D eigenvalue weighted by Crippen LogP contribution is 2.34. The number of rotatable bonds is 8. The molecule has 3 aromatic heterocycles. The molecule has 0 saturated heterocycles. The zero-order chi connectivity index (χ0) is 27.4. The number of ether oxygens (including phenoxy) is 1. The fraction of sp³-hybridized carbons (Fsp3) is 0.207. The van der Waals surface area contributed by atoms with Gasteiger partial charge in [0.05, 0.1) is 24.0 Å². The van der Waals surface area contributed by atoms with E-state index < -0.39 is 5.82 Å². The number of hydrogen-bond acceptors (Lipinski definition) is 6. The highest BCUT2D eigenvalue weighted by molar-refractivity contribution is 6.32. The molecule has 0 fully saturated rings. The Morgan fingerprint density at radius 3 is 2.74 bits per heavy atom. The van der Waals surface area contributed by atoms with Crippen molar-refractivity contribution in [1.29, 1.82) is 5.41 Å². The number of fused-ring (bicyclic) bond motifs is 1. The van der Waals surface area contributed by atoms with E-state index in [1.807, 2.05) is 32.0 Å². The van der Waals surface area contributed by atoms with Crippen LogP contribution in [-0.2, 0) is 13.2 Å². The first-order valence-electron chi connectivity index (χ1n) is 12.0. The Labute approximate surface area is 224 Å². The van der Waals surface area contributed by atoms with Gasteiger partial charge in [-0.15, -0.1) is 0 Å². The minimum atomic E-state index is -0.535. The normalized spacial score (nSPS) is 12.2. The van der Waals surface area contributed by atoms with Crippen molar-refractivity contribution in [3.05, 3.63) is 104 Å². The largest absolute Gasteiger partial charge is 0.486 e. The number of benzene rings is 1. The standard InChI is InChI=1S/C29H27ClFN5O2/c1-5-33-27(18(3)30)22-12-17(2)35-28-21(22)9-6-10-26(28)38-16-24-23(19(4)34-14-25(24)31)15-36-11-7-8-20(13-32)29(36)37/h5-14,32H,15-16H2,1-4H3/b27-18+,32-13?,33-5?. The van der Waals surface area contributed by atoms with Crippen LogP contribution < -0.4 is 10.3 Å². The third kappa shape index (κ3) is 5.40. The van der Waals surface area contributed by atoms with Crippen LogP contribution in [0.3, 0.4) is 0 Å². The van der Waals surface area contributed by atoms with Gasteiger partial charge in [0.1, 0.15) is 23.7 Å². The molecule has 0 spiro atoms. The number of hydrogen-bond donors (Lipinski definition) is 1. The molecule has 4 rings (SSSR count). The fourth-order valence-electron chi connectivity index (χ4n) is 4.28. The number of aryl methyl sites for hydroxylation is 2. The molecular weight excluding hydrogens is 505 g/mol. The van der Waals surface area contributed by atoms with Crippen molar-refractivity contribution in [3.8, 4) is 5.75 Å². The van der Waals surface area contributed by atoms with Crippen molar-refractivity contribution in [2.24, 2.45) is 4.99 Å². The molecule has 38 heavy (non-hydrogen) atoms. The van der Waals surface area contributed by atoms with Crippen LogP contribution in [0.5, 0.6) is 5.75 Å². The van der Waals surface area contributed by atoms with E-state index in [1.165, 1.54) is 4.57 Å².